The number of anilines is 1. The van der Waals surface area contributed by atoms with Gasteiger partial charge in [0.1, 0.15) is 5.69 Å². The van der Waals surface area contributed by atoms with Crippen LogP contribution in [0.2, 0.25) is 0 Å². The van der Waals surface area contributed by atoms with E-state index in [1.54, 1.807) is 28.3 Å². The quantitative estimate of drug-likeness (QED) is 0.806. The first-order valence-electron chi connectivity index (χ1n) is 8.13. The fourth-order valence-electron chi connectivity index (χ4n) is 2.63. The number of amides is 2. The molecule has 8 nitrogen and oxygen atoms in total. The summed E-state index contributed by atoms with van der Waals surface area (Å²) in [5.41, 5.74) is 2.14. The zero-order chi connectivity index (χ0) is 17.6. The molecular weight excluding hydrogens is 320 g/mol. The van der Waals surface area contributed by atoms with Crippen LogP contribution in [0.15, 0.2) is 30.6 Å². The van der Waals surface area contributed by atoms with Gasteiger partial charge in [-0.05, 0) is 30.7 Å². The summed E-state index contributed by atoms with van der Waals surface area (Å²) in [6, 6.07) is 5.49. The van der Waals surface area contributed by atoms with Gasteiger partial charge in [-0.2, -0.15) is 0 Å². The van der Waals surface area contributed by atoms with E-state index in [1.807, 2.05) is 19.1 Å². The normalized spacial score (nSPS) is 14.3. The number of hydrogen-bond acceptors (Lipinski definition) is 6. The predicted molar refractivity (Wildman–Crippen MR) is 91.9 cm³/mol. The summed E-state index contributed by atoms with van der Waals surface area (Å²) in [4.78, 5) is 39.5. The summed E-state index contributed by atoms with van der Waals surface area (Å²) in [7, 11) is 0. The topological polar surface area (TPSA) is 91.3 Å². The first-order chi connectivity index (χ1) is 12.2. The maximum Gasteiger partial charge on any atom is 0.272 e. The Morgan fingerprint density at radius 3 is 2.60 bits per heavy atom. The Morgan fingerprint density at radius 2 is 1.92 bits per heavy atom. The molecule has 3 rings (SSSR count). The molecule has 1 aliphatic heterocycles. The molecule has 2 aromatic rings. The van der Waals surface area contributed by atoms with Crippen molar-refractivity contribution in [2.75, 3.05) is 31.5 Å². The summed E-state index contributed by atoms with van der Waals surface area (Å²) in [6.07, 6.45) is 4.27. The largest absolute Gasteiger partial charge is 0.350 e. The van der Waals surface area contributed by atoms with E-state index in [4.69, 9.17) is 0 Å². The minimum Gasteiger partial charge on any atom is -0.350 e. The van der Waals surface area contributed by atoms with Gasteiger partial charge in [0.25, 0.3) is 5.91 Å². The van der Waals surface area contributed by atoms with Gasteiger partial charge in [-0.25, -0.2) is 9.97 Å². The van der Waals surface area contributed by atoms with E-state index in [0.717, 1.165) is 17.7 Å². The molecule has 1 N–H and O–H groups in total. The van der Waals surface area contributed by atoms with Gasteiger partial charge in [-0.1, -0.05) is 0 Å². The van der Waals surface area contributed by atoms with Crippen molar-refractivity contribution in [2.24, 2.45) is 0 Å². The second kappa shape index (κ2) is 7.69. The van der Waals surface area contributed by atoms with Crippen LogP contribution in [0.5, 0.6) is 0 Å². The Labute approximate surface area is 145 Å². The Bertz CT molecular complexity index is 744. The Hall–Kier alpha value is -3.03. The highest BCUT2D eigenvalue weighted by atomic mass is 16.2. The lowest BCUT2D eigenvalue weighted by Gasteiger charge is -2.32. The van der Waals surface area contributed by atoms with Crippen LogP contribution in [0.4, 0.5) is 5.95 Å². The van der Waals surface area contributed by atoms with E-state index in [2.05, 4.69) is 20.3 Å². The number of carbonyl (C=O) groups excluding carboxylic acids is 2. The molecule has 0 unspecified atom stereocenters. The van der Waals surface area contributed by atoms with Crippen LogP contribution in [0.1, 0.15) is 21.7 Å². The molecule has 0 saturated carbocycles. The third kappa shape index (κ3) is 4.28. The standard InChI is InChI=1S/C17H20N6O2/c1-13-10-15(16(25)23-8-6-22(12-24)7-9-23)21-17(20-13)19-11-14-2-4-18-5-3-14/h2-5,10,12H,6-9,11H2,1H3,(H,19,20,21). The average molecular weight is 340 g/mol. The Kier molecular flexibility index (Phi) is 5.17. The second-order valence-electron chi connectivity index (χ2n) is 5.86. The first kappa shape index (κ1) is 16.8. The predicted octanol–water partition coefficient (Wildman–Crippen LogP) is 0.706. The van der Waals surface area contributed by atoms with Crippen LogP contribution in [0.3, 0.4) is 0 Å². The third-order valence-electron chi connectivity index (χ3n) is 4.02. The highest BCUT2D eigenvalue weighted by Crippen LogP contribution is 2.11. The van der Waals surface area contributed by atoms with Gasteiger partial charge < -0.3 is 15.1 Å². The van der Waals surface area contributed by atoms with Crippen LogP contribution in [-0.2, 0) is 11.3 Å². The lowest BCUT2D eigenvalue weighted by atomic mass is 10.2. The summed E-state index contributed by atoms with van der Waals surface area (Å²) < 4.78 is 0. The molecule has 1 saturated heterocycles. The van der Waals surface area contributed by atoms with Gasteiger partial charge in [-0.15, -0.1) is 0 Å². The van der Waals surface area contributed by atoms with Crippen molar-refractivity contribution in [3.8, 4) is 0 Å². The molecule has 130 valence electrons. The molecular formula is C17H20N6O2. The highest BCUT2D eigenvalue weighted by molar-refractivity contribution is 5.92. The lowest BCUT2D eigenvalue weighted by molar-refractivity contribution is -0.119. The van der Waals surface area contributed by atoms with Crippen molar-refractivity contribution in [2.45, 2.75) is 13.5 Å². The van der Waals surface area contributed by atoms with Crippen LogP contribution in [-0.4, -0.2) is 63.2 Å². The number of carbonyl (C=O) groups is 2. The van der Waals surface area contributed by atoms with Crippen molar-refractivity contribution < 1.29 is 9.59 Å². The number of nitrogens with zero attached hydrogens (tertiary/aromatic N) is 5. The molecule has 2 aromatic heterocycles. The molecule has 0 atom stereocenters. The number of pyridine rings is 1. The van der Waals surface area contributed by atoms with Crippen molar-refractivity contribution in [1.29, 1.82) is 0 Å². The molecule has 0 aliphatic carbocycles. The molecule has 3 heterocycles. The molecule has 1 fully saturated rings. The molecule has 8 heteroatoms. The Morgan fingerprint density at radius 1 is 1.20 bits per heavy atom. The molecule has 0 bridgehead atoms. The number of aryl methyl sites for hydroxylation is 1. The molecule has 0 spiro atoms. The average Bonchev–Trinajstić information content (AvgIpc) is 2.66. The zero-order valence-corrected chi connectivity index (χ0v) is 14.1. The molecule has 2 amide bonds. The van der Waals surface area contributed by atoms with Crippen molar-refractivity contribution in [3.05, 3.63) is 47.5 Å². The van der Waals surface area contributed by atoms with Gasteiger partial charge in [0, 0.05) is 50.8 Å². The highest BCUT2D eigenvalue weighted by Gasteiger charge is 2.23. The Balaban J connectivity index is 1.68. The van der Waals surface area contributed by atoms with Gasteiger partial charge in [0.15, 0.2) is 0 Å². The summed E-state index contributed by atoms with van der Waals surface area (Å²) in [6.45, 7) is 4.51. The van der Waals surface area contributed by atoms with E-state index in [9.17, 15) is 9.59 Å². The minimum absolute atomic E-state index is 0.136. The van der Waals surface area contributed by atoms with E-state index in [-0.39, 0.29) is 5.91 Å². The maximum atomic E-state index is 12.7. The van der Waals surface area contributed by atoms with E-state index in [0.29, 0.717) is 44.4 Å². The smallest absolute Gasteiger partial charge is 0.272 e. The van der Waals surface area contributed by atoms with Crippen LogP contribution >= 0.6 is 0 Å². The fraction of sp³-hybridized carbons (Fsp3) is 0.353. The molecule has 1 aliphatic rings. The van der Waals surface area contributed by atoms with Gasteiger partial charge in [0.05, 0.1) is 0 Å². The number of rotatable bonds is 5. The van der Waals surface area contributed by atoms with Crippen molar-refractivity contribution in [3.63, 3.8) is 0 Å². The number of hydrogen-bond donors (Lipinski definition) is 1. The molecule has 25 heavy (non-hydrogen) atoms. The number of nitrogens with one attached hydrogen (secondary N) is 1. The van der Waals surface area contributed by atoms with Crippen molar-refractivity contribution >= 4 is 18.3 Å². The van der Waals surface area contributed by atoms with Crippen LogP contribution in [0, 0.1) is 6.92 Å². The SMILES string of the molecule is Cc1cc(C(=O)N2CCN(C=O)CC2)nc(NCc2ccncc2)n1. The van der Waals surface area contributed by atoms with Crippen LogP contribution < -0.4 is 5.32 Å². The molecule has 0 aromatic carbocycles. The van der Waals surface area contributed by atoms with Crippen molar-refractivity contribution in [1.82, 2.24) is 24.8 Å². The fourth-order valence-corrected chi connectivity index (χ4v) is 2.63. The van der Waals surface area contributed by atoms with Gasteiger partial charge in [-0.3, -0.25) is 14.6 Å². The minimum atomic E-state index is -0.136. The number of aromatic nitrogens is 3. The van der Waals surface area contributed by atoms with E-state index in [1.165, 1.54) is 0 Å². The number of piperazine rings is 1. The van der Waals surface area contributed by atoms with Crippen LogP contribution in [0.25, 0.3) is 0 Å². The third-order valence-corrected chi connectivity index (χ3v) is 4.02. The van der Waals surface area contributed by atoms with E-state index >= 15 is 0 Å². The van der Waals surface area contributed by atoms with Gasteiger partial charge >= 0.3 is 0 Å². The summed E-state index contributed by atoms with van der Waals surface area (Å²) >= 11 is 0. The summed E-state index contributed by atoms with van der Waals surface area (Å²) in [5.74, 6) is 0.287. The van der Waals surface area contributed by atoms with Gasteiger partial charge in [0.2, 0.25) is 12.4 Å². The molecule has 0 radical (unpaired) electrons. The zero-order valence-electron chi connectivity index (χ0n) is 14.1. The van der Waals surface area contributed by atoms with E-state index < -0.39 is 0 Å². The second-order valence-corrected chi connectivity index (χ2v) is 5.86. The monoisotopic (exact) mass is 340 g/mol. The lowest BCUT2D eigenvalue weighted by Crippen LogP contribution is -2.48. The summed E-state index contributed by atoms with van der Waals surface area (Å²) in [5, 5.41) is 3.14. The first-order valence-corrected chi connectivity index (χ1v) is 8.13. The maximum absolute atomic E-state index is 12.7.